The fourth-order valence-electron chi connectivity index (χ4n) is 2.48. The second-order valence-corrected chi connectivity index (χ2v) is 6.48. The predicted octanol–water partition coefficient (Wildman–Crippen LogP) is 5.52. The van der Waals surface area contributed by atoms with Crippen LogP contribution in [0.5, 0.6) is 5.75 Å². The fourth-order valence-corrected chi connectivity index (χ4v) is 3.27. The van der Waals surface area contributed by atoms with Crippen LogP contribution < -0.4 is 5.32 Å². The number of aromatic hydroxyl groups is 1. The SMILES string of the molecule is Cc1cc(NC(=O)c2cccc3c(Cl)cccc23)cc(Br)c1O. The smallest absolute Gasteiger partial charge is 0.256 e. The molecule has 0 spiro atoms. The normalized spacial score (nSPS) is 10.7. The first-order chi connectivity index (χ1) is 11.0. The molecule has 0 aliphatic heterocycles. The van der Waals surface area contributed by atoms with E-state index >= 15 is 0 Å². The summed E-state index contributed by atoms with van der Waals surface area (Å²) in [6.07, 6.45) is 0. The maximum atomic E-state index is 12.6. The van der Waals surface area contributed by atoms with Gasteiger partial charge in [-0.25, -0.2) is 0 Å². The van der Waals surface area contributed by atoms with Crippen LogP contribution in [0.3, 0.4) is 0 Å². The lowest BCUT2D eigenvalue weighted by molar-refractivity contribution is 0.102. The third-order valence-corrected chi connectivity index (χ3v) is 4.56. The van der Waals surface area contributed by atoms with Crippen LogP contribution in [0.15, 0.2) is 53.0 Å². The monoisotopic (exact) mass is 389 g/mol. The van der Waals surface area contributed by atoms with Gasteiger partial charge in [0.1, 0.15) is 5.75 Å². The van der Waals surface area contributed by atoms with E-state index in [0.717, 1.165) is 10.8 Å². The minimum absolute atomic E-state index is 0.167. The van der Waals surface area contributed by atoms with Crippen molar-refractivity contribution in [2.45, 2.75) is 6.92 Å². The molecule has 3 aromatic carbocycles. The molecule has 1 amide bonds. The van der Waals surface area contributed by atoms with Gasteiger partial charge in [-0.15, -0.1) is 0 Å². The number of hydrogen-bond acceptors (Lipinski definition) is 2. The van der Waals surface area contributed by atoms with E-state index in [1.807, 2.05) is 18.2 Å². The van der Waals surface area contributed by atoms with E-state index < -0.39 is 0 Å². The molecule has 23 heavy (non-hydrogen) atoms. The number of rotatable bonds is 2. The highest BCUT2D eigenvalue weighted by molar-refractivity contribution is 9.10. The van der Waals surface area contributed by atoms with Gasteiger partial charge in [-0.3, -0.25) is 4.79 Å². The molecule has 0 aromatic heterocycles. The van der Waals surface area contributed by atoms with Crippen LogP contribution in [0.1, 0.15) is 15.9 Å². The highest BCUT2D eigenvalue weighted by Gasteiger charge is 2.13. The van der Waals surface area contributed by atoms with Crippen molar-refractivity contribution in [3.05, 3.63) is 69.2 Å². The Labute approximate surface area is 147 Å². The third-order valence-electron chi connectivity index (χ3n) is 3.63. The van der Waals surface area contributed by atoms with Gasteiger partial charge in [0, 0.05) is 21.7 Å². The van der Waals surface area contributed by atoms with Crippen molar-refractivity contribution in [3.8, 4) is 5.75 Å². The zero-order valence-electron chi connectivity index (χ0n) is 12.2. The van der Waals surface area contributed by atoms with Gasteiger partial charge in [0.25, 0.3) is 5.91 Å². The summed E-state index contributed by atoms with van der Waals surface area (Å²) in [5, 5.41) is 14.9. The summed E-state index contributed by atoms with van der Waals surface area (Å²) in [5.41, 5.74) is 1.83. The Balaban J connectivity index is 2.00. The van der Waals surface area contributed by atoms with Crippen LogP contribution in [-0.2, 0) is 0 Å². The highest BCUT2D eigenvalue weighted by atomic mass is 79.9. The van der Waals surface area contributed by atoms with Crippen molar-refractivity contribution in [2.24, 2.45) is 0 Å². The third kappa shape index (κ3) is 3.05. The van der Waals surface area contributed by atoms with E-state index in [9.17, 15) is 9.90 Å². The lowest BCUT2D eigenvalue weighted by atomic mass is 10.0. The number of carbonyl (C=O) groups excluding carboxylic acids is 1. The number of phenols is 1. The predicted molar refractivity (Wildman–Crippen MR) is 97.5 cm³/mol. The molecule has 0 heterocycles. The largest absolute Gasteiger partial charge is 0.506 e. The molecule has 0 fully saturated rings. The molecule has 0 radical (unpaired) electrons. The Hall–Kier alpha value is -2.04. The number of halogens is 2. The summed E-state index contributed by atoms with van der Waals surface area (Å²) in [4.78, 5) is 12.6. The number of carbonyl (C=O) groups is 1. The lowest BCUT2D eigenvalue weighted by Gasteiger charge is -2.11. The van der Waals surface area contributed by atoms with Crippen LogP contribution in [0, 0.1) is 6.92 Å². The number of anilines is 1. The lowest BCUT2D eigenvalue weighted by Crippen LogP contribution is -2.12. The molecule has 3 rings (SSSR count). The number of fused-ring (bicyclic) bond motifs is 1. The summed E-state index contributed by atoms with van der Waals surface area (Å²) >= 11 is 9.46. The van der Waals surface area contributed by atoms with Crippen molar-refractivity contribution in [2.75, 3.05) is 5.32 Å². The Morgan fingerprint density at radius 2 is 1.83 bits per heavy atom. The maximum absolute atomic E-state index is 12.6. The van der Waals surface area contributed by atoms with Crippen molar-refractivity contribution in [3.63, 3.8) is 0 Å². The highest BCUT2D eigenvalue weighted by Crippen LogP contribution is 2.32. The first-order valence-electron chi connectivity index (χ1n) is 6.95. The molecular formula is C18H13BrClNO2. The van der Waals surface area contributed by atoms with Gasteiger partial charge in [0.15, 0.2) is 0 Å². The van der Waals surface area contributed by atoms with E-state index in [1.165, 1.54) is 0 Å². The number of nitrogens with one attached hydrogen (secondary N) is 1. The van der Waals surface area contributed by atoms with E-state index in [1.54, 1.807) is 37.3 Å². The van der Waals surface area contributed by atoms with Crippen molar-refractivity contribution in [1.29, 1.82) is 0 Å². The summed E-state index contributed by atoms with van der Waals surface area (Å²) in [5.74, 6) is -0.0604. The Morgan fingerprint density at radius 3 is 2.57 bits per heavy atom. The molecule has 0 saturated heterocycles. The molecule has 0 saturated carbocycles. The Kier molecular flexibility index (Phi) is 4.28. The Bertz CT molecular complexity index is 901. The quantitative estimate of drug-likeness (QED) is 0.566. The number of aryl methyl sites for hydroxylation is 1. The first-order valence-corrected chi connectivity index (χ1v) is 8.12. The van der Waals surface area contributed by atoms with E-state index in [4.69, 9.17) is 11.6 Å². The van der Waals surface area contributed by atoms with E-state index in [-0.39, 0.29) is 11.7 Å². The van der Waals surface area contributed by atoms with Gasteiger partial charge in [-0.1, -0.05) is 35.9 Å². The summed E-state index contributed by atoms with van der Waals surface area (Å²) in [6, 6.07) is 14.3. The van der Waals surface area contributed by atoms with Gasteiger partial charge in [-0.2, -0.15) is 0 Å². The zero-order chi connectivity index (χ0) is 16.6. The summed E-state index contributed by atoms with van der Waals surface area (Å²) < 4.78 is 0.536. The second kappa shape index (κ2) is 6.22. The van der Waals surface area contributed by atoms with Crippen LogP contribution in [0.4, 0.5) is 5.69 Å². The van der Waals surface area contributed by atoms with Crippen LogP contribution in [0.25, 0.3) is 10.8 Å². The summed E-state index contributed by atoms with van der Waals surface area (Å²) in [7, 11) is 0. The van der Waals surface area contributed by atoms with Crippen molar-refractivity contribution >= 4 is 49.9 Å². The topological polar surface area (TPSA) is 49.3 Å². The summed E-state index contributed by atoms with van der Waals surface area (Å²) in [6.45, 7) is 1.77. The maximum Gasteiger partial charge on any atom is 0.256 e. The number of benzene rings is 3. The molecule has 116 valence electrons. The molecule has 3 aromatic rings. The van der Waals surface area contributed by atoms with Crippen molar-refractivity contribution in [1.82, 2.24) is 0 Å². The van der Waals surface area contributed by atoms with Crippen LogP contribution in [-0.4, -0.2) is 11.0 Å². The molecule has 3 nitrogen and oxygen atoms in total. The number of hydrogen-bond donors (Lipinski definition) is 2. The first kappa shape index (κ1) is 15.8. The molecular weight excluding hydrogens is 378 g/mol. The van der Waals surface area contributed by atoms with Crippen molar-refractivity contribution < 1.29 is 9.90 Å². The molecule has 5 heteroatoms. The molecule has 0 aliphatic carbocycles. The van der Waals surface area contributed by atoms with Crippen LogP contribution >= 0.6 is 27.5 Å². The standard InChI is InChI=1S/C18H13BrClNO2/c1-10-8-11(9-15(19)17(10)22)21-18(23)14-6-2-5-13-12(14)4-3-7-16(13)20/h2-9,22H,1H3,(H,21,23). The molecule has 0 bridgehead atoms. The molecule has 0 unspecified atom stereocenters. The van der Waals surface area contributed by atoms with Gasteiger partial charge in [0.2, 0.25) is 0 Å². The van der Waals surface area contributed by atoms with Gasteiger partial charge in [0.05, 0.1) is 4.47 Å². The van der Waals surface area contributed by atoms with Crippen LogP contribution in [0.2, 0.25) is 5.02 Å². The average molecular weight is 391 g/mol. The second-order valence-electron chi connectivity index (χ2n) is 5.22. The van der Waals surface area contributed by atoms with Gasteiger partial charge in [-0.05, 0) is 58.1 Å². The fraction of sp³-hybridized carbons (Fsp3) is 0.0556. The zero-order valence-corrected chi connectivity index (χ0v) is 14.6. The number of phenolic OH excluding ortho intramolecular Hbond substituents is 1. The molecule has 0 atom stereocenters. The molecule has 0 aliphatic rings. The van der Waals surface area contributed by atoms with Gasteiger partial charge < -0.3 is 10.4 Å². The minimum atomic E-state index is -0.227. The minimum Gasteiger partial charge on any atom is -0.506 e. The number of amides is 1. The Morgan fingerprint density at radius 1 is 1.13 bits per heavy atom. The average Bonchev–Trinajstić information content (AvgIpc) is 2.52. The van der Waals surface area contributed by atoms with E-state index in [0.29, 0.717) is 26.3 Å². The van der Waals surface area contributed by atoms with E-state index in [2.05, 4.69) is 21.2 Å². The van der Waals surface area contributed by atoms with Gasteiger partial charge >= 0.3 is 0 Å². The molecule has 2 N–H and O–H groups in total.